The predicted octanol–water partition coefficient (Wildman–Crippen LogP) is 4.02. The van der Waals surface area contributed by atoms with Crippen molar-refractivity contribution >= 4 is 27.2 Å². The minimum atomic E-state index is 0.528. The molecule has 0 saturated heterocycles. The molecule has 21 heavy (non-hydrogen) atoms. The van der Waals surface area contributed by atoms with Crippen LogP contribution < -0.4 is 10.1 Å². The van der Waals surface area contributed by atoms with Gasteiger partial charge in [0.05, 0.1) is 23.9 Å². The molecular weight excluding hydrogens is 280 g/mol. The number of nitrogens with zero attached hydrogens (tertiary/aromatic N) is 1. The average Bonchev–Trinajstić information content (AvgIpc) is 2.96. The predicted molar refractivity (Wildman–Crippen MR) is 88.9 cm³/mol. The Balaban J connectivity index is 1.91. The normalized spacial score (nSPS) is 10.3. The van der Waals surface area contributed by atoms with Crippen molar-refractivity contribution in [2.24, 2.45) is 0 Å². The number of terminal acetylenes is 1. The molecule has 3 aromatic rings. The second-order valence-electron chi connectivity index (χ2n) is 4.49. The minimum absolute atomic E-state index is 0.528. The van der Waals surface area contributed by atoms with E-state index in [-0.39, 0.29) is 0 Å². The van der Waals surface area contributed by atoms with Gasteiger partial charge in [-0.1, -0.05) is 5.92 Å². The topological polar surface area (TPSA) is 34.2 Å². The van der Waals surface area contributed by atoms with Gasteiger partial charge in [0.2, 0.25) is 0 Å². The second-order valence-corrected chi connectivity index (χ2v) is 5.52. The number of rotatable bonds is 4. The van der Waals surface area contributed by atoms with E-state index in [9.17, 15) is 0 Å². The number of anilines is 1. The van der Waals surface area contributed by atoms with E-state index in [1.807, 2.05) is 42.5 Å². The lowest BCUT2D eigenvalue weighted by molar-refractivity contribution is 0.415. The maximum atomic E-state index is 5.24. The molecule has 0 saturated carbocycles. The Morgan fingerprint density at radius 3 is 2.76 bits per heavy atom. The Kier molecular flexibility index (Phi) is 3.76. The summed E-state index contributed by atoms with van der Waals surface area (Å²) in [4.78, 5) is 4.66. The van der Waals surface area contributed by atoms with Gasteiger partial charge in [-0.3, -0.25) is 0 Å². The number of aromatic nitrogens is 1. The maximum Gasteiger partial charge on any atom is 0.124 e. The van der Waals surface area contributed by atoms with Crippen LogP contribution in [0.15, 0.2) is 42.5 Å². The first-order chi connectivity index (χ1) is 10.3. The monoisotopic (exact) mass is 294 g/mol. The molecule has 0 radical (unpaired) electrons. The van der Waals surface area contributed by atoms with Gasteiger partial charge in [-0.05, 0) is 42.5 Å². The van der Waals surface area contributed by atoms with Crippen molar-refractivity contribution in [1.82, 2.24) is 4.98 Å². The van der Waals surface area contributed by atoms with Gasteiger partial charge in [0.15, 0.2) is 0 Å². The summed E-state index contributed by atoms with van der Waals surface area (Å²) in [6.07, 6.45) is 5.23. The molecule has 1 N–H and O–H groups in total. The van der Waals surface area contributed by atoms with Crippen molar-refractivity contribution in [3.05, 3.63) is 42.5 Å². The van der Waals surface area contributed by atoms with Crippen molar-refractivity contribution in [3.8, 4) is 28.7 Å². The highest BCUT2D eigenvalue weighted by Gasteiger charge is 2.07. The molecule has 3 nitrogen and oxygen atoms in total. The van der Waals surface area contributed by atoms with Gasteiger partial charge in [-0.2, -0.15) is 0 Å². The van der Waals surface area contributed by atoms with E-state index < -0.39 is 0 Å². The molecule has 104 valence electrons. The van der Waals surface area contributed by atoms with E-state index >= 15 is 0 Å². The summed E-state index contributed by atoms with van der Waals surface area (Å²) in [5.41, 5.74) is 3.10. The standard InChI is InChI=1S/C17H14N2OS/c1-3-10-18-13-6-4-12(5-7-13)17-19-15-9-8-14(20-2)11-16(15)21-17/h1,4-9,11,18H,10H2,2H3. The summed E-state index contributed by atoms with van der Waals surface area (Å²) >= 11 is 1.66. The summed E-state index contributed by atoms with van der Waals surface area (Å²) in [6, 6.07) is 14.1. The number of hydrogen-bond donors (Lipinski definition) is 1. The van der Waals surface area contributed by atoms with Gasteiger partial charge in [0, 0.05) is 11.3 Å². The maximum absolute atomic E-state index is 5.24. The van der Waals surface area contributed by atoms with Gasteiger partial charge < -0.3 is 10.1 Å². The van der Waals surface area contributed by atoms with Crippen molar-refractivity contribution in [3.63, 3.8) is 0 Å². The van der Waals surface area contributed by atoms with E-state index in [0.29, 0.717) is 6.54 Å². The Hall–Kier alpha value is -2.51. The number of thiazole rings is 1. The number of hydrogen-bond acceptors (Lipinski definition) is 4. The lowest BCUT2D eigenvalue weighted by atomic mass is 10.2. The minimum Gasteiger partial charge on any atom is -0.497 e. The third kappa shape index (κ3) is 2.83. The quantitative estimate of drug-likeness (QED) is 0.738. The Labute approximate surface area is 127 Å². The molecular formula is C17H14N2OS. The summed E-state index contributed by atoms with van der Waals surface area (Å²) in [5.74, 6) is 3.41. The lowest BCUT2D eigenvalue weighted by Gasteiger charge is -2.02. The molecule has 0 aliphatic heterocycles. The van der Waals surface area contributed by atoms with Crippen LogP contribution in [0.4, 0.5) is 5.69 Å². The zero-order valence-electron chi connectivity index (χ0n) is 11.6. The number of methoxy groups -OCH3 is 1. The van der Waals surface area contributed by atoms with Crippen LogP contribution in [-0.4, -0.2) is 18.6 Å². The van der Waals surface area contributed by atoms with Gasteiger partial charge in [-0.15, -0.1) is 17.8 Å². The second kappa shape index (κ2) is 5.86. The van der Waals surface area contributed by atoms with Crippen LogP contribution in [0.1, 0.15) is 0 Å². The third-order valence-corrected chi connectivity index (χ3v) is 4.19. The van der Waals surface area contributed by atoms with E-state index in [4.69, 9.17) is 11.2 Å². The van der Waals surface area contributed by atoms with E-state index in [1.54, 1.807) is 18.4 Å². The molecule has 0 unspecified atom stereocenters. The smallest absolute Gasteiger partial charge is 0.124 e. The van der Waals surface area contributed by atoms with Gasteiger partial charge in [0.25, 0.3) is 0 Å². The van der Waals surface area contributed by atoms with Crippen molar-refractivity contribution in [2.75, 3.05) is 19.0 Å². The highest BCUT2D eigenvalue weighted by molar-refractivity contribution is 7.21. The highest BCUT2D eigenvalue weighted by Crippen LogP contribution is 2.32. The van der Waals surface area contributed by atoms with Crippen LogP contribution >= 0.6 is 11.3 Å². The first kappa shape index (κ1) is 13.5. The highest BCUT2D eigenvalue weighted by atomic mass is 32.1. The van der Waals surface area contributed by atoms with Crippen LogP contribution in [0.5, 0.6) is 5.75 Å². The van der Waals surface area contributed by atoms with E-state index in [2.05, 4.69) is 16.2 Å². The van der Waals surface area contributed by atoms with Gasteiger partial charge >= 0.3 is 0 Å². The molecule has 0 spiro atoms. The summed E-state index contributed by atoms with van der Waals surface area (Å²) in [7, 11) is 1.67. The summed E-state index contributed by atoms with van der Waals surface area (Å²) < 4.78 is 6.37. The molecule has 1 heterocycles. The van der Waals surface area contributed by atoms with E-state index in [1.165, 1.54) is 0 Å². The lowest BCUT2D eigenvalue weighted by Crippen LogP contribution is -1.97. The summed E-state index contributed by atoms with van der Waals surface area (Å²) in [5, 5.41) is 4.15. The fourth-order valence-electron chi connectivity index (χ4n) is 2.04. The fraction of sp³-hybridized carbons (Fsp3) is 0.118. The van der Waals surface area contributed by atoms with Crippen molar-refractivity contribution < 1.29 is 4.74 Å². The number of ether oxygens (including phenoxy) is 1. The molecule has 0 aliphatic carbocycles. The fourth-order valence-corrected chi connectivity index (χ4v) is 3.04. The molecule has 2 aromatic carbocycles. The summed E-state index contributed by atoms with van der Waals surface area (Å²) in [6.45, 7) is 0.528. The van der Waals surface area contributed by atoms with E-state index in [0.717, 1.165) is 32.2 Å². The molecule has 0 aliphatic rings. The third-order valence-electron chi connectivity index (χ3n) is 3.12. The zero-order chi connectivity index (χ0) is 14.7. The van der Waals surface area contributed by atoms with Crippen LogP contribution in [-0.2, 0) is 0 Å². The van der Waals surface area contributed by atoms with Gasteiger partial charge in [-0.25, -0.2) is 4.98 Å². The molecule has 0 amide bonds. The van der Waals surface area contributed by atoms with Crippen LogP contribution in [0.2, 0.25) is 0 Å². The molecule has 1 aromatic heterocycles. The van der Waals surface area contributed by atoms with Crippen LogP contribution in [0.25, 0.3) is 20.8 Å². The Bertz CT molecular complexity index is 800. The number of benzene rings is 2. The molecule has 4 heteroatoms. The molecule has 3 rings (SSSR count). The van der Waals surface area contributed by atoms with Crippen LogP contribution in [0.3, 0.4) is 0 Å². The first-order valence-electron chi connectivity index (χ1n) is 6.52. The van der Waals surface area contributed by atoms with Crippen LogP contribution in [0, 0.1) is 12.3 Å². The van der Waals surface area contributed by atoms with Gasteiger partial charge in [0.1, 0.15) is 10.8 Å². The first-order valence-corrected chi connectivity index (χ1v) is 7.34. The van der Waals surface area contributed by atoms with Crippen molar-refractivity contribution in [1.29, 1.82) is 0 Å². The average molecular weight is 294 g/mol. The Morgan fingerprint density at radius 2 is 2.05 bits per heavy atom. The molecule has 0 bridgehead atoms. The molecule has 0 atom stereocenters. The Morgan fingerprint density at radius 1 is 1.24 bits per heavy atom. The number of nitrogens with one attached hydrogen (secondary N) is 1. The largest absolute Gasteiger partial charge is 0.497 e. The SMILES string of the molecule is C#CCNc1ccc(-c2nc3ccc(OC)cc3s2)cc1. The molecule has 0 fully saturated rings. The number of fused-ring (bicyclic) bond motifs is 1. The van der Waals surface area contributed by atoms with Crippen molar-refractivity contribution in [2.45, 2.75) is 0 Å². The zero-order valence-corrected chi connectivity index (χ0v) is 12.4.